The van der Waals surface area contributed by atoms with Gasteiger partial charge in [0.2, 0.25) is 5.91 Å². The second kappa shape index (κ2) is 6.18. The van der Waals surface area contributed by atoms with Crippen LogP contribution in [0.4, 0.5) is 5.69 Å². The zero-order valence-electron chi connectivity index (χ0n) is 16.0. The maximum Gasteiger partial charge on any atom is 0.276 e. The lowest BCUT2D eigenvalue weighted by Crippen LogP contribution is -2.42. The summed E-state index contributed by atoms with van der Waals surface area (Å²) in [6.45, 7) is 0.410. The molecule has 0 saturated carbocycles. The number of nitrogens with one attached hydrogen (secondary N) is 1. The summed E-state index contributed by atoms with van der Waals surface area (Å²) >= 11 is 6.25. The Labute approximate surface area is 172 Å². The molecule has 3 aromatic rings. The van der Waals surface area contributed by atoms with Crippen molar-refractivity contribution in [1.82, 2.24) is 24.5 Å². The molecule has 1 N–H and O–H groups in total. The summed E-state index contributed by atoms with van der Waals surface area (Å²) in [4.78, 5) is 28.4. The monoisotopic (exact) mass is 410 g/mol. The van der Waals surface area contributed by atoms with Crippen molar-refractivity contribution >= 4 is 29.1 Å². The number of anilines is 1. The Bertz CT molecular complexity index is 1150. The number of hydrogen-bond acceptors (Lipinski definition) is 4. The van der Waals surface area contributed by atoms with Gasteiger partial charge >= 0.3 is 0 Å². The van der Waals surface area contributed by atoms with Crippen molar-refractivity contribution in [3.8, 4) is 0 Å². The molecule has 2 aliphatic heterocycles. The van der Waals surface area contributed by atoms with E-state index < -0.39 is 11.5 Å². The summed E-state index contributed by atoms with van der Waals surface area (Å²) < 4.78 is 3.19. The molecule has 0 bridgehead atoms. The lowest BCUT2D eigenvalue weighted by molar-refractivity contribution is -0.121. The minimum absolute atomic E-state index is 0.102. The number of amides is 2. The highest BCUT2D eigenvalue weighted by Crippen LogP contribution is 2.54. The van der Waals surface area contributed by atoms with Crippen LogP contribution in [0.2, 0.25) is 5.02 Å². The minimum Gasteiger partial charge on any atom is -0.329 e. The van der Waals surface area contributed by atoms with Gasteiger partial charge in [-0.2, -0.15) is 10.2 Å². The number of nitrogens with zero attached hydrogens (tertiary/aromatic N) is 5. The Balaban J connectivity index is 1.67. The number of hydrogen-bond donors (Lipinski definition) is 1. The highest BCUT2D eigenvalue weighted by molar-refractivity contribution is 6.33. The molecule has 0 aliphatic carbocycles. The second-order valence-corrected chi connectivity index (χ2v) is 7.98. The van der Waals surface area contributed by atoms with Gasteiger partial charge in [-0.05, 0) is 18.1 Å². The molecular formula is C20H19ClN6O2. The number of halogens is 1. The number of benzene rings is 1. The number of aromatic nitrogens is 4. The highest BCUT2D eigenvalue weighted by Gasteiger charge is 2.59. The normalized spacial score (nSPS) is 22.9. The van der Waals surface area contributed by atoms with Gasteiger partial charge in [0.05, 0.1) is 17.3 Å². The Kier molecular flexibility index (Phi) is 3.82. The number of likely N-dealkylation sites (tertiary alicyclic amines) is 1. The summed E-state index contributed by atoms with van der Waals surface area (Å²) in [7, 11) is 3.53. The van der Waals surface area contributed by atoms with Crippen molar-refractivity contribution < 1.29 is 9.59 Å². The maximum absolute atomic E-state index is 13.4. The van der Waals surface area contributed by atoms with Crippen molar-refractivity contribution in [2.24, 2.45) is 14.1 Å². The molecular weight excluding hydrogens is 392 g/mol. The van der Waals surface area contributed by atoms with Crippen molar-refractivity contribution in [2.45, 2.75) is 17.9 Å². The zero-order chi connectivity index (χ0) is 20.3. The van der Waals surface area contributed by atoms with Gasteiger partial charge < -0.3 is 10.2 Å². The predicted octanol–water partition coefficient (Wildman–Crippen LogP) is 2.28. The van der Waals surface area contributed by atoms with Crippen LogP contribution in [0.5, 0.6) is 0 Å². The van der Waals surface area contributed by atoms with Gasteiger partial charge in [0, 0.05) is 44.3 Å². The van der Waals surface area contributed by atoms with E-state index >= 15 is 0 Å². The smallest absolute Gasteiger partial charge is 0.276 e. The molecule has 2 unspecified atom stereocenters. The maximum atomic E-state index is 13.4. The third-order valence-electron chi connectivity index (χ3n) is 5.87. The number of carbonyl (C=O) groups excluding carboxylic acids is 2. The van der Waals surface area contributed by atoms with Gasteiger partial charge in [-0.15, -0.1) is 0 Å². The average Bonchev–Trinajstić information content (AvgIpc) is 3.43. The fourth-order valence-corrected chi connectivity index (χ4v) is 4.95. The summed E-state index contributed by atoms with van der Waals surface area (Å²) in [5, 5.41) is 11.8. The quantitative estimate of drug-likeness (QED) is 0.702. The Morgan fingerprint density at radius 2 is 2.03 bits per heavy atom. The predicted molar refractivity (Wildman–Crippen MR) is 107 cm³/mol. The minimum atomic E-state index is -0.878. The molecule has 2 aliphatic rings. The van der Waals surface area contributed by atoms with E-state index in [2.05, 4.69) is 15.5 Å². The molecule has 1 aromatic carbocycles. The van der Waals surface area contributed by atoms with Crippen molar-refractivity contribution in [1.29, 1.82) is 0 Å². The first kappa shape index (κ1) is 17.9. The van der Waals surface area contributed by atoms with E-state index in [1.54, 1.807) is 29.0 Å². The second-order valence-electron chi connectivity index (χ2n) is 7.57. The summed E-state index contributed by atoms with van der Waals surface area (Å²) in [6.07, 6.45) is 5.67. The van der Waals surface area contributed by atoms with Gasteiger partial charge in [-0.1, -0.05) is 29.8 Å². The van der Waals surface area contributed by atoms with Crippen molar-refractivity contribution in [2.75, 3.05) is 11.9 Å². The molecule has 2 aromatic heterocycles. The van der Waals surface area contributed by atoms with Crippen LogP contribution in [-0.2, 0) is 24.3 Å². The van der Waals surface area contributed by atoms with Crippen molar-refractivity contribution in [3.63, 3.8) is 0 Å². The number of fused-ring (bicyclic) bond motifs is 2. The van der Waals surface area contributed by atoms with E-state index in [4.69, 9.17) is 11.6 Å². The Hall–Kier alpha value is -3.13. The van der Waals surface area contributed by atoms with Gasteiger partial charge in [0.15, 0.2) is 5.69 Å². The largest absolute Gasteiger partial charge is 0.329 e. The molecule has 5 rings (SSSR count). The molecule has 0 radical (unpaired) electrons. The molecule has 1 fully saturated rings. The molecule has 29 heavy (non-hydrogen) atoms. The Morgan fingerprint density at radius 3 is 2.72 bits per heavy atom. The van der Waals surface area contributed by atoms with Crippen LogP contribution in [0.25, 0.3) is 0 Å². The van der Waals surface area contributed by atoms with Crippen LogP contribution < -0.4 is 5.32 Å². The molecule has 4 heterocycles. The summed E-state index contributed by atoms with van der Waals surface area (Å²) in [6, 6.07) is 7.15. The van der Waals surface area contributed by atoms with E-state index in [1.165, 1.54) is 4.68 Å². The molecule has 2 amide bonds. The van der Waals surface area contributed by atoms with E-state index in [-0.39, 0.29) is 17.5 Å². The van der Waals surface area contributed by atoms with Gasteiger partial charge in [-0.3, -0.25) is 19.0 Å². The molecule has 1 saturated heterocycles. The summed E-state index contributed by atoms with van der Waals surface area (Å²) in [5.41, 5.74) is 1.80. The van der Waals surface area contributed by atoms with Crippen molar-refractivity contribution in [3.05, 3.63) is 64.7 Å². The highest BCUT2D eigenvalue weighted by atomic mass is 35.5. The van der Waals surface area contributed by atoms with Crippen LogP contribution in [0.15, 0.2) is 42.9 Å². The number of carbonyl (C=O) groups is 2. The number of aryl methyl sites for hydroxylation is 2. The summed E-state index contributed by atoms with van der Waals surface area (Å²) in [5.74, 6) is -0.395. The molecule has 9 heteroatoms. The zero-order valence-corrected chi connectivity index (χ0v) is 16.7. The van der Waals surface area contributed by atoms with E-state index in [9.17, 15) is 9.59 Å². The third kappa shape index (κ3) is 2.45. The first-order valence-electron chi connectivity index (χ1n) is 9.31. The lowest BCUT2D eigenvalue weighted by atomic mass is 9.73. The Morgan fingerprint density at radius 1 is 1.24 bits per heavy atom. The van der Waals surface area contributed by atoms with Crippen LogP contribution in [0, 0.1) is 0 Å². The molecule has 2 atom stereocenters. The van der Waals surface area contributed by atoms with Crippen LogP contribution in [0.1, 0.15) is 34.1 Å². The van der Waals surface area contributed by atoms with Crippen LogP contribution >= 0.6 is 11.6 Å². The van der Waals surface area contributed by atoms with Crippen LogP contribution in [0.3, 0.4) is 0 Å². The van der Waals surface area contributed by atoms with Crippen LogP contribution in [-0.4, -0.2) is 42.8 Å². The number of para-hydroxylation sites is 1. The lowest BCUT2D eigenvalue weighted by Gasteiger charge is -2.33. The van der Waals surface area contributed by atoms with E-state index in [0.717, 1.165) is 16.8 Å². The van der Waals surface area contributed by atoms with E-state index in [0.29, 0.717) is 18.0 Å². The van der Waals surface area contributed by atoms with Gasteiger partial charge in [-0.25, -0.2) is 0 Å². The molecule has 1 spiro atoms. The van der Waals surface area contributed by atoms with Gasteiger partial charge in [0.1, 0.15) is 5.41 Å². The van der Waals surface area contributed by atoms with E-state index in [1.807, 2.05) is 37.5 Å². The standard InChI is InChI=1S/C20H19ClN6O2/c1-25-10-12(9-22-25)17-20(13-5-3-4-6-15(13)23-19(20)29)7-8-27(17)18(28)16-14(21)11-26(2)24-16/h3-6,9-11,17H,7-8H2,1-2H3,(H,23,29). The SMILES string of the molecule is Cn1cc(C2N(C(=O)c3nn(C)cc3Cl)CCC23C(=O)Nc2ccccc23)cn1. The first-order chi connectivity index (χ1) is 13.9. The fourth-order valence-electron chi connectivity index (χ4n) is 4.69. The fraction of sp³-hybridized carbons (Fsp3) is 0.300. The third-order valence-corrected chi connectivity index (χ3v) is 6.15. The topological polar surface area (TPSA) is 85.0 Å². The average molecular weight is 411 g/mol. The molecule has 148 valence electrons. The first-order valence-corrected chi connectivity index (χ1v) is 9.69. The van der Waals surface area contributed by atoms with Gasteiger partial charge in [0.25, 0.3) is 5.91 Å². The molecule has 8 nitrogen and oxygen atoms in total. The number of rotatable bonds is 2.